The zero-order chi connectivity index (χ0) is 28.2. The molecule has 1 fully saturated rings. The van der Waals surface area contributed by atoms with Crippen LogP contribution in [0, 0.1) is 18.3 Å². The van der Waals surface area contributed by atoms with E-state index in [0.29, 0.717) is 18.7 Å². The Balaban J connectivity index is 1.88. The summed E-state index contributed by atoms with van der Waals surface area (Å²) in [7, 11) is 0. The highest BCUT2D eigenvalue weighted by atomic mass is 16.5. The smallest absolute Gasteiger partial charge is 0.384 e. The fourth-order valence-corrected chi connectivity index (χ4v) is 6.88. The summed E-state index contributed by atoms with van der Waals surface area (Å²) in [4.78, 5) is 41.1. The number of ether oxygens (including phenoxy) is 1. The Morgan fingerprint density at radius 1 is 1.08 bits per heavy atom. The second kappa shape index (κ2) is 9.66. The van der Waals surface area contributed by atoms with E-state index in [2.05, 4.69) is 5.32 Å². The molecule has 0 radical (unpaired) electrons. The van der Waals surface area contributed by atoms with E-state index in [1.54, 1.807) is 0 Å². The Morgan fingerprint density at radius 3 is 2.49 bits per heavy atom. The minimum absolute atomic E-state index is 0.177. The number of carboxylic acids is 1. The summed E-state index contributed by atoms with van der Waals surface area (Å²) in [6.07, 6.45) is -0.258. The highest BCUT2D eigenvalue weighted by Crippen LogP contribution is 2.50. The molecule has 3 aromatic rings. The normalized spacial score (nSPS) is 27.3. The minimum Gasteiger partial charge on any atom is -0.475 e. The van der Waals surface area contributed by atoms with E-state index in [-0.39, 0.29) is 24.8 Å². The molecule has 1 saturated heterocycles. The average molecular weight is 530 g/mol. The van der Waals surface area contributed by atoms with Gasteiger partial charge in [-0.05, 0) is 42.7 Å². The number of quaternary nitrogens is 1. The minimum atomic E-state index is -1.86. The Labute approximate surface area is 229 Å². The van der Waals surface area contributed by atoms with Crippen LogP contribution < -0.4 is 9.80 Å². The number of carbonyl (C=O) groups is 3. The standard InChI is InChI=1S/C32H36N2O5/c1-20-13-14-27-25(17-20)29(24-12-8-10-22-9-6-7-11-23(22)24)39-18-28(36)34(27,19-31(3,4)5)32(30(37)38)26(21(2)35)15-16-33-32/h6-14,17,26,29,33H,15-16,18-19H2,1-5H3/p+1/t26-,29?,32+,34+/m1/s1. The van der Waals surface area contributed by atoms with Gasteiger partial charge in [-0.2, -0.15) is 4.48 Å². The van der Waals surface area contributed by atoms with Crippen molar-refractivity contribution in [2.75, 3.05) is 19.7 Å². The lowest BCUT2D eigenvalue weighted by Gasteiger charge is -2.50. The van der Waals surface area contributed by atoms with Crippen molar-refractivity contribution < 1.29 is 24.2 Å². The molecule has 0 bridgehead atoms. The van der Waals surface area contributed by atoms with Crippen molar-refractivity contribution >= 4 is 34.1 Å². The monoisotopic (exact) mass is 529 g/mol. The van der Waals surface area contributed by atoms with Gasteiger partial charge < -0.3 is 9.84 Å². The summed E-state index contributed by atoms with van der Waals surface area (Å²) in [5.41, 5.74) is 0.868. The number of carboxylic acid groups (broad SMARTS) is 1. The number of amides is 1. The summed E-state index contributed by atoms with van der Waals surface area (Å²) in [6, 6.07) is 19.9. The maximum absolute atomic E-state index is 14.6. The number of nitrogens with zero attached hydrogens (tertiary/aromatic N) is 1. The fourth-order valence-electron chi connectivity index (χ4n) is 6.88. The molecule has 5 rings (SSSR count). The van der Waals surface area contributed by atoms with Gasteiger partial charge in [0.25, 0.3) is 5.66 Å². The SMILES string of the molecule is CC(=O)[C@H]1CCN[C@]1(C(=O)O)[N@+]1(CC(C)(C)C)C(=O)COC(c2cccc3ccccc23)c2cc(C)ccc21. The summed E-state index contributed by atoms with van der Waals surface area (Å²) in [5, 5.41) is 16.3. The van der Waals surface area contributed by atoms with Gasteiger partial charge in [0, 0.05) is 23.6 Å². The molecule has 7 nitrogen and oxygen atoms in total. The third kappa shape index (κ3) is 4.20. The molecule has 2 heterocycles. The van der Waals surface area contributed by atoms with Crippen LogP contribution in [0.3, 0.4) is 0 Å². The predicted octanol–water partition coefficient (Wildman–Crippen LogP) is 5.13. The first-order chi connectivity index (χ1) is 18.4. The Kier molecular flexibility index (Phi) is 6.74. The molecule has 0 spiro atoms. The summed E-state index contributed by atoms with van der Waals surface area (Å²) in [6.45, 7) is 9.60. The van der Waals surface area contributed by atoms with E-state index >= 15 is 0 Å². The number of aryl methyl sites for hydroxylation is 1. The zero-order valence-corrected chi connectivity index (χ0v) is 23.3. The van der Waals surface area contributed by atoms with E-state index in [9.17, 15) is 19.5 Å². The van der Waals surface area contributed by atoms with Crippen molar-refractivity contribution in [3.63, 3.8) is 0 Å². The molecule has 1 unspecified atom stereocenters. The van der Waals surface area contributed by atoms with Crippen molar-refractivity contribution in [2.45, 2.75) is 52.8 Å². The molecule has 204 valence electrons. The van der Waals surface area contributed by atoms with Gasteiger partial charge >= 0.3 is 11.9 Å². The van der Waals surface area contributed by atoms with E-state index in [0.717, 1.165) is 27.5 Å². The molecule has 2 N–H and O–H groups in total. The van der Waals surface area contributed by atoms with Gasteiger partial charge in [0.2, 0.25) is 0 Å². The maximum atomic E-state index is 14.6. The number of aliphatic carboxylic acids is 1. The van der Waals surface area contributed by atoms with Gasteiger partial charge in [0.15, 0.2) is 6.61 Å². The van der Waals surface area contributed by atoms with Crippen LogP contribution in [0.25, 0.3) is 10.8 Å². The van der Waals surface area contributed by atoms with Crippen molar-refractivity contribution in [3.8, 4) is 0 Å². The molecule has 1 amide bonds. The van der Waals surface area contributed by atoms with Gasteiger partial charge in [0.1, 0.15) is 23.5 Å². The quantitative estimate of drug-likeness (QED) is 0.446. The number of carbonyl (C=O) groups excluding carboxylic acids is 2. The highest BCUT2D eigenvalue weighted by Gasteiger charge is 2.71. The summed E-state index contributed by atoms with van der Waals surface area (Å²) >= 11 is 0. The van der Waals surface area contributed by atoms with Crippen LogP contribution >= 0.6 is 0 Å². The van der Waals surface area contributed by atoms with E-state index < -0.39 is 33.6 Å². The highest BCUT2D eigenvalue weighted by molar-refractivity contribution is 6.02. The molecule has 3 aromatic carbocycles. The number of ketones is 1. The lowest BCUT2D eigenvalue weighted by molar-refractivity contribution is -0.168. The summed E-state index contributed by atoms with van der Waals surface area (Å²) in [5.74, 6) is -2.70. The molecule has 0 aliphatic carbocycles. The second-order valence-electron chi connectivity index (χ2n) is 12.2. The van der Waals surface area contributed by atoms with Crippen molar-refractivity contribution in [3.05, 3.63) is 77.4 Å². The molecular formula is C32H37N2O5+. The molecule has 39 heavy (non-hydrogen) atoms. The molecule has 7 heteroatoms. The predicted molar refractivity (Wildman–Crippen MR) is 151 cm³/mol. The van der Waals surface area contributed by atoms with Crippen molar-refractivity contribution in [1.29, 1.82) is 0 Å². The van der Waals surface area contributed by atoms with E-state index in [1.807, 2.05) is 88.4 Å². The topological polar surface area (TPSA) is 92.7 Å². The number of nitrogens with one attached hydrogen (secondary N) is 1. The first-order valence-electron chi connectivity index (χ1n) is 13.5. The molecular weight excluding hydrogens is 492 g/mol. The van der Waals surface area contributed by atoms with Crippen LogP contribution in [0.1, 0.15) is 56.9 Å². The summed E-state index contributed by atoms with van der Waals surface area (Å²) < 4.78 is 5.94. The van der Waals surface area contributed by atoms with Crippen LogP contribution in [-0.2, 0) is 19.1 Å². The third-order valence-electron chi connectivity index (χ3n) is 8.24. The Bertz CT molecular complexity index is 1470. The number of hydrogen-bond acceptors (Lipinski definition) is 5. The van der Waals surface area contributed by atoms with Gasteiger partial charge in [-0.1, -0.05) is 74.9 Å². The number of rotatable bonds is 5. The van der Waals surface area contributed by atoms with Gasteiger partial charge in [-0.25, -0.2) is 9.59 Å². The van der Waals surface area contributed by atoms with Crippen LogP contribution in [0.5, 0.6) is 0 Å². The van der Waals surface area contributed by atoms with Crippen LogP contribution in [-0.4, -0.2) is 48.1 Å². The van der Waals surface area contributed by atoms with E-state index in [4.69, 9.17) is 4.74 Å². The molecule has 2 aliphatic rings. The molecule has 4 atom stereocenters. The molecule has 2 aliphatic heterocycles. The van der Waals surface area contributed by atoms with Crippen LogP contribution in [0.2, 0.25) is 0 Å². The zero-order valence-electron chi connectivity index (χ0n) is 23.3. The lowest BCUT2D eigenvalue weighted by atomic mass is 9.81. The van der Waals surface area contributed by atoms with Gasteiger partial charge in [-0.15, -0.1) is 0 Å². The Hall–Kier alpha value is -3.39. The van der Waals surface area contributed by atoms with Crippen LogP contribution in [0.4, 0.5) is 5.69 Å². The second-order valence-corrected chi connectivity index (χ2v) is 12.2. The number of hydrogen-bond donors (Lipinski definition) is 2. The number of fused-ring (bicyclic) bond motifs is 2. The third-order valence-corrected chi connectivity index (χ3v) is 8.24. The van der Waals surface area contributed by atoms with Crippen molar-refractivity contribution in [2.24, 2.45) is 11.3 Å². The lowest BCUT2D eigenvalue weighted by Crippen LogP contribution is -2.81. The molecule has 0 saturated carbocycles. The fraction of sp³-hybridized carbons (Fsp3) is 0.406. The number of Topliss-reactive ketones (excluding diaryl/α,β-unsaturated/α-hetero) is 1. The largest absolute Gasteiger partial charge is 0.475 e. The first-order valence-corrected chi connectivity index (χ1v) is 13.5. The van der Waals surface area contributed by atoms with Gasteiger partial charge in [-0.3, -0.25) is 10.1 Å². The average Bonchev–Trinajstić information content (AvgIpc) is 3.30. The first kappa shape index (κ1) is 27.2. The van der Waals surface area contributed by atoms with Crippen molar-refractivity contribution in [1.82, 2.24) is 9.80 Å². The Morgan fingerprint density at radius 2 is 1.79 bits per heavy atom. The van der Waals surface area contributed by atoms with E-state index in [1.165, 1.54) is 6.92 Å². The molecule has 0 aromatic heterocycles. The van der Waals surface area contributed by atoms with Crippen LogP contribution in [0.15, 0.2) is 60.7 Å². The van der Waals surface area contributed by atoms with Gasteiger partial charge in [0.05, 0.1) is 6.54 Å². The maximum Gasteiger partial charge on any atom is 0.384 e. The number of benzene rings is 3.